The molecule has 2 N–H and O–H groups in total. The number of benzene rings is 1. The molecule has 1 heterocycles. The Morgan fingerprint density at radius 2 is 1.96 bits per heavy atom. The fraction of sp³-hybridized carbons (Fsp3) is 0.682. The van der Waals surface area contributed by atoms with Crippen LogP contribution in [0.3, 0.4) is 0 Å². The van der Waals surface area contributed by atoms with Crippen molar-refractivity contribution in [3.63, 3.8) is 0 Å². The van der Waals surface area contributed by atoms with Crippen molar-refractivity contribution >= 4 is 6.03 Å². The first kappa shape index (κ1) is 21.1. The van der Waals surface area contributed by atoms with Crippen LogP contribution in [0.25, 0.3) is 0 Å². The van der Waals surface area contributed by atoms with Gasteiger partial charge in [0.25, 0.3) is 0 Å². The lowest BCUT2D eigenvalue weighted by Crippen LogP contribution is -2.48. The van der Waals surface area contributed by atoms with Crippen molar-refractivity contribution in [1.29, 1.82) is 0 Å². The molecule has 1 aliphatic heterocycles. The van der Waals surface area contributed by atoms with Gasteiger partial charge in [-0.15, -0.1) is 0 Å². The lowest BCUT2D eigenvalue weighted by Gasteiger charge is -2.40. The van der Waals surface area contributed by atoms with E-state index in [1.807, 2.05) is 0 Å². The first-order valence-corrected chi connectivity index (χ1v) is 10.8. The molecule has 0 unspecified atom stereocenters. The SMILES string of the molecule is O=C(NC[C@H]1CCCN(C2CCCCC2)C1)N(CCO)Cc1ccccc1F. The fourth-order valence-electron chi connectivity index (χ4n) is 4.59. The van der Waals surface area contributed by atoms with Crippen molar-refractivity contribution in [2.24, 2.45) is 5.92 Å². The fourth-order valence-corrected chi connectivity index (χ4v) is 4.59. The Balaban J connectivity index is 1.50. The molecule has 28 heavy (non-hydrogen) atoms. The summed E-state index contributed by atoms with van der Waals surface area (Å²) in [5, 5.41) is 12.3. The van der Waals surface area contributed by atoms with Crippen LogP contribution < -0.4 is 5.32 Å². The molecule has 1 aromatic carbocycles. The average molecular weight is 392 g/mol. The molecule has 1 atom stereocenters. The number of rotatable bonds is 7. The number of piperidine rings is 1. The molecule has 1 aliphatic carbocycles. The molecule has 2 fully saturated rings. The quantitative estimate of drug-likeness (QED) is 0.749. The number of nitrogens with zero attached hydrogens (tertiary/aromatic N) is 2. The predicted octanol–water partition coefficient (Wildman–Crippen LogP) is 3.37. The molecule has 3 rings (SSSR count). The second-order valence-electron chi connectivity index (χ2n) is 8.22. The van der Waals surface area contributed by atoms with Crippen molar-refractivity contribution in [1.82, 2.24) is 15.1 Å². The lowest BCUT2D eigenvalue weighted by atomic mass is 9.90. The molecular formula is C22H34FN3O2. The molecule has 2 aliphatic rings. The average Bonchev–Trinajstić information content (AvgIpc) is 2.74. The molecule has 1 saturated heterocycles. The van der Waals surface area contributed by atoms with E-state index in [4.69, 9.17) is 0 Å². The summed E-state index contributed by atoms with van der Waals surface area (Å²) in [6, 6.07) is 6.96. The van der Waals surface area contributed by atoms with Gasteiger partial charge in [-0.3, -0.25) is 0 Å². The van der Waals surface area contributed by atoms with Crippen LogP contribution >= 0.6 is 0 Å². The maximum absolute atomic E-state index is 13.9. The Morgan fingerprint density at radius 3 is 2.71 bits per heavy atom. The topological polar surface area (TPSA) is 55.8 Å². The van der Waals surface area contributed by atoms with Crippen LogP contribution in [0.1, 0.15) is 50.5 Å². The van der Waals surface area contributed by atoms with Gasteiger partial charge in [0.15, 0.2) is 0 Å². The molecule has 0 bridgehead atoms. The molecule has 156 valence electrons. The molecule has 1 aromatic rings. The van der Waals surface area contributed by atoms with Crippen molar-refractivity contribution in [2.75, 3.05) is 32.8 Å². The summed E-state index contributed by atoms with van der Waals surface area (Å²) < 4.78 is 13.9. The van der Waals surface area contributed by atoms with E-state index >= 15 is 0 Å². The van der Waals surface area contributed by atoms with Gasteiger partial charge in [-0.05, 0) is 44.2 Å². The number of carbonyl (C=O) groups is 1. The number of amides is 2. The summed E-state index contributed by atoms with van der Waals surface area (Å²) in [5.41, 5.74) is 0.465. The monoisotopic (exact) mass is 391 g/mol. The van der Waals surface area contributed by atoms with Gasteiger partial charge in [0.05, 0.1) is 13.2 Å². The maximum Gasteiger partial charge on any atom is 0.317 e. The van der Waals surface area contributed by atoms with Crippen molar-refractivity contribution in [2.45, 2.75) is 57.5 Å². The largest absolute Gasteiger partial charge is 0.395 e. The zero-order valence-electron chi connectivity index (χ0n) is 16.8. The maximum atomic E-state index is 13.9. The summed E-state index contributed by atoms with van der Waals surface area (Å²) in [6.45, 7) is 3.09. The van der Waals surface area contributed by atoms with Gasteiger partial charge in [0, 0.05) is 31.2 Å². The summed E-state index contributed by atoms with van der Waals surface area (Å²) in [4.78, 5) is 16.8. The third kappa shape index (κ3) is 5.92. The third-order valence-corrected chi connectivity index (χ3v) is 6.16. The highest BCUT2D eigenvalue weighted by atomic mass is 19.1. The van der Waals surface area contributed by atoms with Gasteiger partial charge >= 0.3 is 6.03 Å². The van der Waals surface area contributed by atoms with Crippen LogP contribution in [0.4, 0.5) is 9.18 Å². The van der Waals surface area contributed by atoms with E-state index in [2.05, 4.69) is 10.2 Å². The van der Waals surface area contributed by atoms with Gasteiger partial charge in [-0.25, -0.2) is 9.18 Å². The normalized spacial score (nSPS) is 21.4. The first-order valence-electron chi connectivity index (χ1n) is 10.8. The molecule has 0 spiro atoms. The number of aliphatic hydroxyl groups is 1. The number of nitrogens with one attached hydrogen (secondary N) is 1. The van der Waals surface area contributed by atoms with Gasteiger partial charge in [0.1, 0.15) is 5.82 Å². The second kappa shape index (κ2) is 10.8. The number of halogens is 1. The van der Waals surface area contributed by atoms with Crippen LogP contribution in [0, 0.1) is 11.7 Å². The minimum Gasteiger partial charge on any atom is -0.395 e. The van der Waals surface area contributed by atoms with Crippen LogP contribution in [-0.4, -0.2) is 59.8 Å². The van der Waals surface area contributed by atoms with Crippen LogP contribution in [0.5, 0.6) is 0 Å². The highest BCUT2D eigenvalue weighted by molar-refractivity contribution is 5.74. The molecule has 0 aromatic heterocycles. The number of aliphatic hydroxyl groups excluding tert-OH is 1. The minimum absolute atomic E-state index is 0.138. The smallest absolute Gasteiger partial charge is 0.317 e. The van der Waals surface area contributed by atoms with Crippen LogP contribution in [0.2, 0.25) is 0 Å². The summed E-state index contributed by atoms with van der Waals surface area (Å²) >= 11 is 0. The van der Waals surface area contributed by atoms with Gasteiger partial charge in [-0.1, -0.05) is 37.5 Å². The van der Waals surface area contributed by atoms with Gasteiger partial charge < -0.3 is 20.2 Å². The van der Waals surface area contributed by atoms with E-state index in [9.17, 15) is 14.3 Å². The third-order valence-electron chi connectivity index (χ3n) is 6.16. The zero-order chi connectivity index (χ0) is 19.8. The van der Waals surface area contributed by atoms with Crippen LogP contribution in [-0.2, 0) is 6.54 Å². The summed E-state index contributed by atoms with van der Waals surface area (Å²) in [7, 11) is 0. The summed E-state index contributed by atoms with van der Waals surface area (Å²) in [5.74, 6) is 0.137. The number of likely N-dealkylation sites (tertiary alicyclic amines) is 1. The Bertz CT molecular complexity index is 622. The first-order chi connectivity index (χ1) is 13.7. The van der Waals surface area contributed by atoms with Crippen LogP contribution in [0.15, 0.2) is 24.3 Å². The Morgan fingerprint density at radius 1 is 1.18 bits per heavy atom. The Labute approximate surface area is 167 Å². The molecule has 5 nitrogen and oxygen atoms in total. The van der Waals surface area contributed by atoms with Crippen molar-refractivity contribution < 1.29 is 14.3 Å². The number of hydrogen-bond donors (Lipinski definition) is 2. The van der Waals surface area contributed by atoms with E-state index in [-0.39, 0.29) is 31.5 Å². The lowest BCUT2D eigenvalue weighted by molar-refractivity contribution is 0.0974. The van der Waals surface area contributed by atoms with Gasteiger partial charge in [0.2, 0.25) is 0 Å². The van der Waals surface area contributed by atoms with E-state index in [0.29, 0.717) is 18.0 Å². The number of carbonyl (C=O) groups excluding carboxylic acids is 1. The van der Waals surface area contributed by atoms with E-state index in [0.717, 1.165) is 19.0 Å². The highest BCUT2D eigenvalue weighted by Crippen LogP contribution is 2.27. The van der Waals surface area contributed by atoms with Gasteiger partial charge in [-0.2, -0.15) is 0 Å². The van der Waals surface area contributed by atoms with Crippen molar-refractivity contribution in [3.05, 3.63) is 35.6 Å². The standard InChI is InChI=1S/C22H34FN3O2/c23-21-11-5-4-8-19(21)17-26(13-14-27)22(28)24-15-18-7-6-12-25(16-18)20-9-2-1-3-10-20/h4-5,8,11,18,20,27H,1-3,6-7,9-10,12-17H2,(H,24,28)/t18-/m1/s1. The Kier molecular flexibility index (Phi) is 8.10. The second-order valence-corrected chi connectivity index (χ2v) is 8.22. The Hall–Kier alpha value is -1.66. The molecule has 2 amide bonds. The molecular weight excluding hydrogens is 357 g/mol. The van der Waals surface area contributed by atoms with E-state index < -0.39 is 0 Å². The highest BCUT2D eigenvalue weighted by Gasteiger charge is 2.27. The zero-order valence-corrected chi connectivity index (χ0v) is 16.8. The molecule has 0 radical (unpaired) electrons. The van der Waals surface area contributed by atoms with E-state index in [1.54, 1.807) is 18.2 Å². The number of hydrogen-bond acceptors (Lipinski definition) is 3. The number of urea groups is 1. The summed E-state index contributed by atoms with van der Waals surface area (Å²) in [6.07, 6.45) is 9.00. The minimum atomic E-state index is -0.325. The molecule has 1 saturated carbocycles. The molecule has 6 heteroatoms. The predicted molar refractivity (Wildman–Crippen MR) is 108 cm³/mol. The van der Waals surface area contributed by atoms with Crippen molar-refractivity contribution in [3.8, 4) is 0 Å². The van der Waals surface area contributed by atoms with E-state index in [1.165, 1.54) is 56.0 Å².